The van der Waals surface area contributed by atoms with Gasteiger partial charge >= 0.3 is 0 Å². The van der Waals surface area contributed by atoms with Gasteiger partial charge in [-0.3, -0.25) is 0 Å². The van der Waals surface area contributed by atoms with Crippen molar-refractivity contribution in [3.05, 3.63) is 84.0 Å². The van der Waals surface area contributed by atoms with Crippen molar-refractivity contribution < 1.29 is 26.4 Å². The average molecular weight is 621 g/mol. The maximum Gasteiger partial charge on any atom is 0.243 e. The van der Waals surface area contributed by atoms with E-state index >= 15 is 0 Å². The van der Waals surface area contributed by atoms with Crippen molar-refractivity contribution in [3.63, 3.8) is 0 Å². The van der Waals surface area contributed by atoms with Crippen LogP contribution < -0.4 is 0 Å². The van der Waals surface area contributed by atoms with E-state index in [1.165, 1.54) is 16.4 Å². The molecule has 1 fully saturated rings. The van der Waals surface area contributed by atoms with Crippen molar-refractivity contribution in [1.82, 2.24) is 8.61 Å². The van der Waals surface area contributed by atoms with E-state index in [4.69, 9.17) is 4.43 Å². The molecule has 0 amide bonds. The molecule has 0 aromatic heterocycles. The second-order valence-corrected chi connectivity index (χ2v) is 20.7. The highest BCUT2D eigenvalue weighted by atomic mass is 32.2. The van der Waals surface area contributed by atoms with Gasteiger partial charge in [0.25, 0.3) is 0 Å². The van der Waals surface area contributed by atoms with Crippen LogP contribution in [-0.4, -0.2) is 77.3 Å². The summed E-state index contributed by atoms with van der Waals surface area (Å²) < 4.78 is 64.8. The number of hydrogen-bond acceptors (Lipinski definition) is 6. The number of sulfonamides is 2. The van der Waals surface area contributed by atoms with Crippen molar-refractivity contribution in [2.75, 3.05) is 26.3 Å². The molecule has 41 heavy (non-hydrogen) atoms. The summed E-state index contributed by atoms with van der Waals surface area (Å²) in [6.45, 7) is 21.8. The lowest BCUT2D eigenvalue weighted by Gasteiger charge is -2.50. The van der Waals surface area contributed by atoms with Crippen LogP contribution in [0.15, 0.2) is 82.6 Å². The molecule has 0 unspecified atom stereocenters. The van der Waals surface area contributed by atoms with Crippen LogP contribution in [0.3, 0.4) is 0 Å². The fourth-order valence-corrected chi connectivity index (χ4v) is 8.80. The van der Waals surface area contributed by atoms with E-state index in [0.29, 0.717) is 11.1 Å². The van der Waals surface area contributed by atoms with Crippen LogP contribution in [-0.2, 0) is 24.5 Å². The molecule has 3 rings (SSSR count). The van der Waals surface area contributed by atoms with Crippen molar-refractivity contribution in [2.24, 2.45) is 0 Å². The Kier molecular flexibility index (Phi) is 9.96. The molecule has 0 aliphatic heterocycles. The monoisotopic (exact) mass is 620 g/mol. The predicted molar refractivity (Wildman–Crippen MR) is 166 cm³/mol. The molecule has 1 saturated carbocycles. The molecule has 2 aromatic rings. The quantitative estimate of drug-likeness (QED) is 0.340. The van der Waals surface area contributed by atoms with Crippen molar-refractivity contribution in [3.8, 4) is 0 Å². The third kappa shape index (κ3) is 6.77. The summed E-state index contributed by atoms with van der Waals surface area (Å²) in [7, 11) is -10.4. The lowest BCUT2D eigenvalue weighted by Crippen LogP contribution is -2.64. The van der Waals surface area contributed by atoms with Crippen molar-refractivity contribution in [1.29, 1.82) is 0 Å². The van der Waals surface area contributed by atoms with E-state index in [0.717, 1.165) is 15.4 Å². The first kappa shape index (κ1) is 33.4. The number of benzene rings is 2. The maximum absolute atomic E-state index is 14.2. The Bertz CT molecular complexity index is 1480. The van der Waals surface area contributed by atoms with Crippen LogP contribution in [0.4, 0.5) is 0 Å². The lowest BCUT2D eigenvalue weighted by atomic mass is 9.76. The molecule has 226 valence electrons. The molecule has 8 nitrogen and oxygen atoms in total. The molecule has 1 aliphatic carbocycles. The molecule has 0 bridgehead atoms. The molecule has 0 radical (unpaired) electrons. The van der Waals surface area contributed by atoms with Gasteiger partial charge in [0.05, 0.1) is 28.5 Å². The highest BCUT2D eigenvalue weighted by Crippen LogP contribution is 2.43. The summed E-state index contributed by atoms with van der Waals surface area (Å²) >= 11 is 0. The van der Waals surface area contributed by atoms with Gasteiger partial charge in [0.2, 0.25) is 20.0 Å². The summed E-state index contributed by atoms with van der Waals surface area (Å²) in [5.74, 6) is 0. The minimum atomic E-state index is -4.12. The Balaban J connectivity index is 2.08. The topological polar surface area (TPSA) is 104 Å². The zero-order valence-electron chi connectivity index (χ0n) is 25.2. The van der Waals surface area contributed by atoms with Gasteiger partial charge in [-0.1, -0.05) is 69.3 Å². The average Bonchev–Trinajstić information content (AvgIpc) is 2.88. The first-order chi connectivity index (χ1) is 18.9. The number of aliphatic hydroxyl groups excluding tert-OH is 1. The summed E-state index contributed by atoms with van der Waals surface area (Å²) in [5, 5.41) is 9.82. The lowest BCUT2D eigenvalue weighted by molar-refractivity contribution is 0.159. The molecular formula is C30H44N2O6S2Si. The SMILES string of the molecule is C=C1C(=C)[C@H](N(CCO[Si](C)(C)C(C)(C)C)S(=O)(=O)c2ccc(C)cc2)[C@H]1N(CCO)S(=O)(=O)c1ccc(C)cc1. The second-order valence-electron chi connectivity index (χ2n) is 12.1. The Morgan fingerprint density at radius 3 is 1.49 bits per heavy atom. The second kappa shape index (κ2) is 12.2. The van der Waals surface area contributed by atoms with E-state index in [1.807, 2.05) is 13.8 Å². The zero-order valence-corrected chi connectivity index (χ0v) is 27.8. The highest BCUT2D eigenvalue weighted by molar-refractivity contribution is 7.89. The van der Waals surface area contributed by atoms with Gasteiger partial charge in [-0.05, 0) is 67.4 Å². The van der Waals surface area contributed by atoms with Gasteiger partial charge in [0.1, 0.15) is 0 Å². The fraction of sp³-hybridized carbons (Fsp3) is 0.467. The van der Waals surface area contributed by atoms with Crippen LogP contribution in [0.5, 0.6) is 0 Å². The Morgan fingerprint density at radius 1 is 0.780 bits per heavy atom. The van der Waals surface area contributed by atoms with Gasteiger partial charge < -0.3 is 9.53 Å². The van der Waals surface area contributed by atoms with Crippen molar-refractivity contribution in [2.45, 2.75) is 74.6 Å². The van der Waals surface area contributed by atoms with Gasteiger partial charge in [0.15, 0.2) is 8.32 Å². The van der Waals surface area contributed by atoms with E-state index in [1.54, 1.807) is 36.4 Å². The van der Waals surface area contributed by atoms with E-state index < -0.39 is 47.1 Å². The molecule has 1 N–H and O–H groups in total. The van der Waals surface area contributed by atoms with Gasteiger partial charge in [-0.2, -0.15) is 8.61 Å². The zero-order chi connectivity index (χ0) is 31.0. The smallest absolute Gasteiger partial charge is 0.243 e. The summed E-state index contributed by atoms with van der Waals surface area (Å²) in [4.78, 5) is 0.143. The first-order valence-electron chi connectivity index (χ1n) is 13.7. The maximum atomic E-state index is 14.2. The third-order valence-electron chi connectivity index (χ3n) is 8.20. The van der Waals surface area contributed by atoms with Crippen molar-refractivity contribution >= 4 is 28.4 Å². The standard InChI is InChI=1S/C30H44N2O6S2Si/c1-22-10-14-26(15-11-22)39(34,35)31(18-20-33)28-24(3)25(4)29(28)32(19-21-38-41(8,9)30(5,6)7)40(36,37)27-16-12-23(2)13-17-27/h10-17,28-29,33H,3-4,18-21H2,1-2,5-9H3/t28-,29-/m0/s1. The third-order valence-corrected chi connectivity index (χ3v) is 16.5. The minimum Gasteiger partial charge on any atom is -0.415 e. The summed E-state index contributed by atoms with van der Waals surface area (Å²) in [6.07, 6.45) is 0. The number of nitrogens with zero attached hydrogens (tertiary/aromatic N) is 2. The minimum absolute atomic E-state index is 0.00622. The van der Waals surface area contributed by atoms with Crippen LogP contribution in [0.25, 0.3) is 0 Å². The molecule has 0 spiro atoms. The first-order valence-corrected chi connectivity index (χ1v) is 19.4. The predicted octanol–water partition coefficient (Wildman–Crippen LogP) is 4.86. The number of aryl methyl sites for hydroxylation is 2. The van der Waals surface area contributed by atoms with E-state index in [-0.39, 0.29) is 34.5 Å². The van der Waals surface area contributed by atoms with Crippen LogP contribution >= 0.6 is 0 Å². The highest BCUT2D eigenvalue weighted by Gasteiger charge is 2.52. The van der Waals surface area contributed by atoms with E-state index in [9.17, 15) is 21.9 Å². The van der Waals surface area contributed by atoms with Gasteiger partial charge in [-0.25, -0.2) is 16.8 Å². The Morgan fingerprint density at radius 2 is 1.15 bits per heavy atom. The Labute approximate surface area is 247 Å². The Hall–Kier alpha value is -2.12. The molecule has 1 aliphatic rings. The number of aliphatic hydroxyl groups is 1. The molecule has 0 heterocycles. The molecule has 11 heteroatoms. The molecule has 0 saturated heterocycles. The van der Waals surface area contributed by atoms with Crippen LogP contribution in [0.1, 0.15) is 31.9 Å². The van der Waals surface area contributed by atoms with Gasteiger partial charge in [-0.15, -0.1) is 0 Å². The molecule has 2 atom stereocenters. The van der Waals surface area contributed by atoms with E-state index in [2.05, 4.69) is 47.0 Å². The number of rotatable bonds is 12. The normalized spacial score (nSPS) is 18.7. The fourth-order valence-electron chi connectivity index (χ4n) is 4.54. The molecular weight excluding hydrogens is 577 g/mol. The molecule has 2 aromatic carbocycles. The number of hydrogen-bond donors (Lipinski definition) is 1. The summed E-state index contributed by atoms with van der Waals surface area (Å²) in [6, 6.07) is 11.1. The largest absolute Gasteiger partial charge is 0.415 e. The van der Waals surface area contributed by atoms with Crippen LogP contribution in [0.2, 0.25) is 18.1 Å². The van der Waals surface area contributed by atoms with Gasteiger partial charge in [0, 0.05) is 19.7 Å². The van der Waals surface area contributed by atoms with Crippen LogP contribution in [0, 0.1) is 13.8 Å². The summed E-state index contributed by atoms with van der Waals surface area (Å²) in [5.41, 5.74) is 2.65.